The first-order valence-corrected chi connectivity index (χ1v) is 13.2. The Kier molecular flexibility index (Phi) is 5.94. The summed E-state index contributed by atoms with van der Waals surface area (Å²) in [6, 6.07) is 14.1. The molecule has 0 saturated carbocycles. The van der Waals surface area contributed by atoms with Crippen LogP contribution >= 0.6 is 15.9 Å². The maximum absolute atomic E-state index is 13.8. The molecule has 6 rings (SSSR count). The number of Topliss-reactive ketones (excluding diaryl/α,β-unsaturated/α-hetero) is 1. The molecule has 8 heteroatoms. The molecule has 1 saturated heterocycles. The number of phenolic OH excluding ortho intramolecular Hbond substituents is 1. The average molecular weight is 574 g/mol. The van der Waals surface area contributed by atoms with Crippen LogP contribution in [0.1, 0.15) is 29.9 Å². The van der Waals surface area contributed by atoms with Crippen LogP contribution in [0.2, 0.25) is 0 Å². The minimum atomic E-state index is -0.737. The predicted molar refractivity (Wildman–Crippen MR) is 141 cm³/mol. The minimum Gasteiger partial charge on any atom is -0.508 e. The number of ether oxygens (including phenoxy) is 1. The van der Waals surface area contributed by atoms with E-state index in [1.165, 1.54) is 24.2 Å². The smallest absolute Gasteiger partial charge is 0.234 e. The number of phenols is 1. The summed E-state index contributed by atoms with van der Waals surface area (Å²) in [6.45, 7) is 0.188. The number of benzene rings is 2. The van der Waals surface area contributed by atoms with Gasteiger partial charge >= 0.3 is 0 Å². The fraction of sp³-hybridized carbons (Fsp3) is 0.267. The number of halogens is 1. The van der Waals surface area contributed by atoms with E-state index in [-0.39, 0.29) is 46.6 Å². The Labute approximate surface area is 227 Å². The largest absolute Gasteiger partial charge is 0.508 e. The standard InChI is InChI=1S/C30H24BrNO6/c1-38-16-7-10-23(33)20(11-16)25-17-8-9-18-26(19(17)12-21-27(25)24(34)13-22(31)28(21)35)30(37)32(29(18)36)14-15-5-3-2-4-6-15/h2-8,10-11,13,18-19,25-26,33H,9,12,14H2,1H3. The number of likely N-dealkylation sites (tertiary alicyclic amines) is 1. The second-order valence-electron chi connectivity index (χ2n) is 10.1. The van der Waals surface area contributed by atoms with E-state index in [0.29, 0.717) is 28.9 Å². The van der Waals surface area contributed by atoms with Gasteiger partial charge in [-0.05, 0) is 58.5 Å². The highest BCUT2D eigenvalue weighted by molar-refractivity contribution is 9.12. The number of nitrogens with zero attached hydrogens (tertiary/aromatic N) is 1. The van der Waals surface area contributed by atoms with Gasteiger partial charge in [-0.1, -0.05) is 42.0 Å². The summed E-state index contributed by atoms with van der Waals surface area (Å²) in [5.74, 6) is -3.05. The molecule has 4 aliphatic rings. The predicted octanol–water partition coefficient (Wildman–Crippen LogP) is 4.36. The molecule has 0 aromatic heterocycles. The van der Waals surface area contributed by atoms with Crippen LogP contribution in [0.3, 0.4) is 0 Å². The molecular formula is C30H24BrNO6. The molecule has 3 aliphatic carbocycles. The molecule has 0 bridgehead atoms. The number of allylic oxidation sites excluding steroid dienone is 6. The lowest BCUT2D eigenvalue weighted by atomic mass is 9.59. The van der Waals surface area contributed by atoms with E-state index in [9.17, 15) is 24.3 Å². The maximum Gasteiger partial charge on any atom is 0.234 e. The van der Waals surface area contributed by atoms with Crippen LogP contribution in [-0.2, 0) is 25.7 Å². The van der Waals surface area contributed by atoms with Crippen molar-refractivity contribution in [2.75, 3.05) is 7.11 Å². The summed E-state index contributed by atoms with van der Waals surface area (Å²) in [5.41, 5.74) is 2.69. The number of aromatic hydroxyl groups is 1. The lowest BCUT2D eigenvalue weighted by molar-refractivity contribution is -0.140. The van der Waals surface area contributed by atoms with Gasteiger partial charge in [-0.25, -0.2) is 0 Å². The van der Waals surface area contributed by atoms with Crippen molar-refractivity contribution in [3.8, 4) is 11.5 Å². The van der Waals surface area contributed by atoms with E-state index in [2.05, 4.69) is 15.9 Å². The summed E-state index contributed by atoms with van der Waals surface area (Å²) in [7, 11) is 1.51. The van der Waals surface area contributed by atoms with E-state index in [1.807, 2.05) is 36.4 Å². The molecular weight excluding hydrogens is 550 g/mol. The van der Waals surface area contributed by atoms with Crippen LogP contribution in [-0.4, -0.2) is 40.5 Å². The lowest BCUT2D eigenvalue weighted by Crippen LogP contribution is -2.39. The third-order valence-corrected chi connectivity index (χ3v) is 8.74. The van der Waals surface area contributed by atoms with Crippen molar-refractivity contribution in [2.24, 2.45) is 17.8 Å². The second kappa shape index (κ2) is 9.20. The molecule has 0 spiro atoms. The second-order valence-corrected chi connectivity index (χ2v) is 10.9. The molecule has 2 aromatic rings. The zero-order chi connectivity index (χ0) is 26.7. The summed E-state index contributed by atoms with van der Waals surface area (Å²) in [4.78, 5) is 55.2. The van der Waals surface area contributed by atoms with Crippen molar-refractivity contribution in [2.45, 2.75) is 25.3 Å². The molecule has 2 aromatic carbocycles. The van der Waals surface area contributed by atoms with Gasteiger partial charge in [0.15, 0.2) is 11.6 Å². The molecule has 4 atom stereocenters. The van der Waals surface area contributed by atoms with Crippen LogP contribution in [0.25, 0.3) is 0 Å². The monoisotopic (exact) mass is 573 g/mol. The fourth-order valence-electron chi connectivity index (χ4n) is 6.44. The van der Waals surface area contributed by atoms with Crippen molar-refractivity contribution in [1.82, 2.24) is 4.90 Å². The number of ketones is 2. The Morgan fingerprint density at radius 1 is 1.03 bits per heavy atom. The third kappa shape index (κ3) is 3.69. The molecule has 0 radical (unpaired) electrons. The average Bonchev–Trinajstić information content (AvgIpc) is 3.16. The summed E-state index contributed by atoms with van der Waals surface area (Å²) in [6.07, 6.45) is 3.72. The molecule has 1 fully saturated rings. The normalized spacial score (nSPS) is 26.5. The topological polar surface area (TPSA) is 101 Å². The van der Waals surface area contributed by atoms with E-state index in [0.717, 1.165) is 11.1 Å². The number of hydrogen-bond donors (Lipinski definition) is 1. The number of fused-ring (bicyclic) bond motifs is 3. The van der Waals surface area contributed by atoms with Gasteiger partial charge in [-0.3, -0.25) is 24.1 Å². The van der Waals surface area contributed by atoms with Gasteiger partial charge in [0.2, 0.25) is 11.8 Å². The SMILES string of the molecule is COc1ccc(O)c(C2C3=CCC4C(=O)N(Cc5ccccc5)C(=O)C4C3CC3=C2C(=O)C=C(Br)C3=O)c1. The van der Waals surface area contributed by atoms with Gasteiger partial charge in [-0.15, -0.1) is 0 Å². The quantitative estimate of drug-likeness (QED) is 0.331. The minimum absolute atomic E-state index is 0.0419. The van der Waals surface area contributed by atoms with E-state index in [4.69, 9.17) is 4.74 Å². The first-order chi connectivity index (χ1) is 18.3. The summed E-state index contributed by atoms with van der Waals surface area (Å²) < 4.78 is 5.55. The molecule has 1 aliphatic heterocycles. The Morgan fingerprint density at radius 2 is 1.79 bits per heavy atom. The van der Waals surface area contributed by atoms with E-state index >= 15 is 0 Å². The Morgan fingerprint density at radius 3 is 2.53 bits per heavy atom. The van der Waals surface area contributed by atoms with E-state index in [1.54, 1.807) is 12.1 Å². The van der Waals surface area contributed by atoms with Gasteiger partial charge < -0.3 is 9.84 Å². The number of rotatable bonds is 4. The van der Waals surface area contributed by atoms with Crippen molar-refractivity contribution < 1.29 is 29.0 Å². The number of hydrogen-bond acceptors (Lipinski definition) is 6. The molecule has 192 valence electrons. The summed E-state index contributed by atoms with van der Waals surface area (Å²) >= 11 is 3.23. The number of carbonyl (C=O) groups is 4. The zero-order valence-corrected chi connectivity index (χ0v) is 22.1. The Bertz CT molecular complexity index is 1500. The van der Waals surface area contributed by atoms with Gasteiger partial charge in [-0.2, -0.15) is 0 Å². The molecule has 7 nitrogen and oxygen atoms in total. The van der Waals surface area contributed by atoms with Crippen LogP contribution < -0.4 is 4.74 Å². The third-order valence-electron chi connectivity index (χ3n) is 8.15. The molecule has 38 heavy (non-hydrogen) atoms. The van der Waals surface area contributed by atoms with E-state index < -0.39 is 23.7 Å². The highest BCUT2D eigenvalue weighted by atomic mass is 79.9. The van der Waals surface area contributed by atoms with Gasteiger partial charge in [0, 0.05) is 28.7 Å². The maximum atomic E-state index is 13.8. The van der Waals surface area contributed by atoms with Crippen LogP contribution in [0.5, 0.6) is 11.5 Å². The molecule has 1 N–H and O–H groups in total. The van der Waals surface area contributed by atoms with Crippen molar-refractivity contribution >= 4 is 39.3 Å². The highest BCUT2D eigenvalue weighted by Crippen LogP contribution is 2.56. The molecule has 4 unspecified atom stereocenters. The summed E-state index contributed by atoms with van der Waals surface area (Å²) in [5, 5.41) is 10.9. The van der Waals surface area contributed by atoms with Gasteiger partial charge in [0.25, 0.3) is 0 Å². The van der Waals surface area contributed by atoms with Crippen LogP contribution in [0.4, 0.5) is 0 Å². The first-order valence-electron chi connectivity index (χ1n) is 12.5. The highest BCUT2D eigenvalue weighted by Gasteiger charge is 2.56. The number of imide groups is 1. The van der Waals surface area contributed by atoms with Gasteiger partial charge in [0.1, 0.15) is 11.5 Å². The fourth-order valence-corrected chi connectivity index (χ4v) is 6.89. The van der Waals surface area contributed by atoms with Crippen LogP contribution in [0.15, 0.2) is 81.9 Å². The zero-order valence-electron chi connectivity index (χ0n) is 20.5. The number of amides is 2. The van der Waals surface area contributed by atoms with Crippen molar-refractivity contribution in [3.63, 3.8) is 0 Å². The number of carbonyl (C=O) groups excluding carboxylic acids is 4. The lowest BCUT2D eigenvalue weighted by Gasteiger charge is -2.42. The van der Waals surface area contributed by atoms with Gasteiger partial charge in [0.05, 0.1) is 30.0 Å². The Balaban J connectivity index is 1.47. The Hall–Kier alpha value is -3.78. The van der Waals surface area contributed by atoms with Crippen molar-refractivity contribution in [1.29, 1.82) is 0 Å². The first kappa shape index (κ1) is 24.6. The molecule has 1 heterocycles. The molecule has 2 amide bonds. The number of methoxy groups -OCH3 is 1. The van der Waals surface area contributed by atoms with Crippen molar-refractivity contribution in [3.05, 3.63) is 93.0 Å². The van der Waals surface area contributed by atoms with Crippen LogP contribution in [0, 0.1) is 17.8 Å².